The Morgan fingerprint density at radius 1 is 1.28 bits per heavy atom. The minimum absolute atomic E-state index is 0.105. The van der Waals surface area contributed by atoms with Gasteiger partial charge in [-0.3, -0.25) is 4.79 Å². The molecule has 0 saturated carbocycles. The number of methoxy groups -OCH3 is 1. The second kappa shape index (κ2) is 7.24. The molecule has 25 heavy (non-hydrogen) atoms. The molecule has 132 valence electrons. The number of ether oxygens (including phenoxy) is 1. The summed E-state index contributed by atoms with van der Waals surface area (Å²) in [6.07, 6.45) is 2.29. The topological polar surface area (TPSA) is 58.6 Å². The molecule has 0 radical (unpaired) electrons. The largest absolute Gasteiger partial charge is 0.497 e. The Bertz CT molecular complexity index is 809. The number of carbonyl (C=O) groups excluding carboxylic acids is 1. The number of hydrogen-bond acceptors (Lipinski definition) is 3. The predicted octanol–water partition coefficient (Wildman–Crippen LogP) is 3.96. The highest BCUT2D eigenvalue weighted by Gasteiger charge is 2.35. The average Bonchev–Trinajstić information content (AvgIpc) is 2.61. The molecule has 2 aromatic carbocycles. The molecule has 0 aliphatic heterocycles. The van der Waals surface area contributed by atoms with Crippen LogP contribution < -0.4 is 10.1 Å². The zero-order valence-corrected chi connectivity index (χ0v) is 15.3. The first kappa shape index (κ1) is 18.1. The van der Waals surface area contributed by atoms with Crippen LogP contribution in [0.1, 0.15) is 34.3 Å². The van der Waals surface area contributed by atoms with Crippen molar-refractivity contribution in [2.75, 3.05) is 13.7 Å². The Balaban J connectivity index is 1.79. The summed E-state index contributed by atoms with van der Waals surface area (Å²) in [6.45, 7) is 0.105. The van der Waals surface area contributed by atoms with E-state index in [0.29, 0.717) is 22.0 Å². The first-order chi connectivity index (χ1) is 11.9. The van der Waals surface area contributed by atoms with Gasteiger partial charge in [-0.15, -0.1) is 0 Å². The van der Waals surface area contributed by atoms with E-state index in [2.05, 4.69) is 5.32 Å². The molecule has 1 amide bonds. The van der Waals surface area contributed by atoms with Gasteiger partial charge in [0.05, 0.1) is 24.2 Å². The van der Waals surface area contributed by atoms with E-state index in [-0.39, 0.29) is 12.5 Å². The molecule has 0 heterocycles. The van der Waals surface area contributed by atoms with Crippen molar-refractivity contribution in [3.8, 4) is 5.75 Å². The maximum Gasteiger partial charge on any atom is 0.252 e. The van der Waals surface area contributed by atoms with Crippen molar-refractivity contribution in [2.24, 2.45) is 0 Å². The standard InChI is InChI=1S/C19H19Cl2NO3/c1-25-14-5-6-16-12(9-14)3-2-8-19(16,24)11-22-18(23)15-10-13(20)4-7-17(15)21/h4-7,9-10,24H,2-3,8,11H2,1H3,(H,22,23). The first-order valence-electron chi connectivity index (χ1n) is 8.06. The molecule has 4 nitrogen and oxygen atoms in total. The number of hydrogen-bond donors (Lipinski definition) is 2. The van der Waals surface area contributed by atoms with Crippen molar-refractivity contribution in [3.05, 3.63) is 63.1 Å². The average molecular weight is 380 g/mol. The summed E-state index contributed by atoms with van der Waals surface area (Å²) >= 11 is 12.0. The molecule has 2 aromatic rings. The molecule has 0 bridgehead atoms. The van der Waals surface area contributed by atoms with Gasteiger partial charge in [0.1, 0.15) is 11.4 Å². The van der Waals surface area contributed by atoms with Crippen molar-refractivity contribution in [1.29, 1.82) is 0 Å². The van der Waals surface area contributed by atoms with Crippen LogP contribution in [0, 0.1) is 0 Å². The Morgan fingerprint density at radius 3 is 2.84 bits per heavy atom. The van der Waals surface area contributed by atoms with E-state index >= 15 is 0 Å². The summed E-state index contributed by atoms with van der Waals surface area (Å²) in [5.41, 5.74) is 1.06. The fourth-order valence-electron chi connectivity index (χ4n) is 3.24. The number of aryl methyl sites for hydroxylation is 1. The Labute approximate surface area is 156 Å². The number of rotatable bonds is 4. The number of benzene rings is 2. The van der Waals surface area contributed by atoms with Gasteiger partial charge in [-0.05, 0) is 60.7 Å². The van der Waals surface area contributed by atoms with E-state index in [1.807, 2.05) is 18.2 Å². The molecule has 6 heteroatoms. The van der Waals surface area contributed by atoms with Gasteiger partial charge < -0.3 is 15.2 Å². The van der Waals surface area contributed by atoms with Gasteiger partial charge in [0.15, 0.2) is 0 Å². The first-order valence-corrected chi connectivity index (χ1v) is 8.81. The molecule has 1 aliphatic rings. The number of fused-ring (bicyclic) bond motifs is 1. The van der Waals surface area contributed by atoms with E-state index < -0.39 is 5.60 Å². The monoisotopic (exact) mass is 379 g/mol. The molecule has 1 aliphatic carbocycles. The maximum atomic E-state index is 12.4. The number of aliphatic hydroxyl groups is 1. The Morgan fingerprint density at radius 2 is 2.08 bits per heavy atom. The second-order valence-corrected chi connectivity index (χ2v) is 7.06. The lowest BCUT2D eigenvalue weighted by atomic mass is 9.79. The van der Waals surface area contributed by atoms with E-state index in [0.717, 1.165) is 29.7 Å². The summed E-state index contributed by atoms with van der Waals surface area (Å²) in [5, 5.41) is 14.6. The number of carbonyl (C=O) groups is 1. The third-order valence-corrected chi connectivity index (χ3v) is 5.13. The van der Waals surface area contributed by atoms with Gasteiger partial charge in [-0.1, -0.05) is 29.3 Å². The molecule has 0 spiro atoms. The highest BCUT2D eigenvalue weighted by Crippen LogP contribution is 2.36. The third-order valence-electron chi connectivity index (χ3n) is 4.56. The van der Waals surface area contributed by atoms with Crippen LogP contribution in [0.2, 0.25) is 10.0 Å². The van der Waals surface area contributed by atoms with Crippen LogP contribution in [-0.2, 0) is 12.0 Å². The maximum absolute atomic E-state index is 12.4. The van der Waals surface area contributed by atoms with E-state index in [1.54, 1.807) is 19.2 Å². The summed E-state index contributed by atoms with van der Waals surface area (Å²) in [5.74, 6) is 0.402. The lowest BCUT2D eigenvalue weighted by Crippen LogP contribution is -2.43. The quantitative estimate of drug-likeness (QED) is 0.844. The van der Waals surface area contributed by atoms with Gasteiger partial charge in [-0.2, -0.15) is 0 Å². The molecule has 1 unspecified atom stereocenters. The van der Waals surface area contributed by atoms with E-state index in [4.69, 9.17) is 27.9 Å². The molecular formula is C19H19Cl2NO3. The number of amides is 1. The van der Waals surface area contributed by atoms with Crippen molar-refractivity contribution < 1.29 is 14.6 Å². The Hall–Kier alpha value is -1.75. The molecular weight excluding hydrogens is 361 g/mol. The lowest BCUT2D eigenvalue weighted by molar-refractivity contribution is 0.0189. The zero-order chi connectivity index (χ0) is 18.0. The van der Waals surface area contributed by atoms with Crippen LogP contribution in [-0.4, -0.2) is 24.7 Å². The fourth-order valence-corrected chi connectivity index (χ4v) is 3.62. The highest BCUT2D eigenvalue weighted by atomic mass is 35.5. The van der Waals surface area contributed by atoms with Crippen LogP contribution in [0.4, 0.5) is 0 Å². The molecule has 2 N–H and O–H groups in total. The highest BCUT2D eigenvalue weighted by molar-refractivity contribution is 6.35. The summed E-state index contributed by atoms with van der Waals surface area (Å²) in [6, 6.07) is 10.4. The van der Waals surface area contributed by atoms with Gasteiger partial charge in [0.25, 0.3) is 5.91 Å². The van der Waals surface area contributed by atoms with Crippen molar-refractivity contribution in [2.45, 2.75) is 24.9 Å². The van der Waals surface area contributed by atoms with Crippen LogP contribution in [0.15, 0.2) is 36.4 Å². The smallest absolute Gasteiger partial charge is 0.252 e. The predicted molar refractivity (Wildman–Crippen MR) is 98.6 cm³/mol. The molecule has 0 fully saturated rings. The summed E-state index contributed by atoms with van der Waals surface area (Å²) in [7, 11) is 1.62. The molecule has 0 saturated heterocycles. The van der Waals surface area contributed by atoms with Crippen LogP contribution in [0.25, 0.3) is 0 Å². The van der Waals surface area contributed by atoms with Crippen LogP contribution in [0.3, 0.4) is 0 Å². The molecule has 3 rings (SSSR count). The molecule has 0 aromatic heterocycles. The van der Waals surface area contributed by atoms with Gasteiger partial charge in [-0.25, -0.2) is 0 Å². The fraction of sp³-hybridized carbons (Fsp3) is 0.316. The molecule has 1 atom stereocenters. The minimum atomic E-state index is -1.11. The van der Waals surface area contributed by atoms with Gasteiger partial charge >= 0.3 is 0 Å². The third kappa shape index (κ3) is 3.76. The van der Waals surface area contributed by atoms with Crippen molar-refractivity contribution in [3.63, 3.8) is 0 Å². The SMILES string of the molecule is COc1ccc2c(c1)CCCC2(O)CNC(=O)c1cc(Cl)ccc1Cl. The number of nitrogens with one attached hydrogen (secondary N) is 1. The van der Waals surface area contributed by atoms with E-state index in [9.17, 15) is 9.90 Å². The van der Waals surface area contributed by atoms with E-state index in [1.165, 1.54) is 6.07 Å². The zero-order valence-electron chi connectivity index (χ0n) is 13.8. The van der Waals surface area contributed by atoms with Crippen molar-refractivity contribution in [1.82, 2.24) is 5.32 Å². The summed E-state index contributed by atoms with van der Waals surface area (Å²) < 4.78 is 5.25. The van der Waals surface area contributed by atoms with Gasteiger partial charge in [0.2, 0.25) is 0 Å². The normalized spacial score (nSPS) is 19.2. The Kier molecular flexibility index (Phi) is 5.23. The summed E-state index contributed by atoms with van der Waals surface area (Å²) in [4.78, 5) is 12.4. The van der Waals surface area contributed by atoms with Crippen molar-refractivity contribution >= 4 is 29.1 Å². The van der Waals surface area contributed by atoms with Crippen LogP contribution in [0.5, 0.6) is 5.75 Å². The lowest BCUT2D eigenvalue weighted by Gasteiger charge is -2.35. The van der Waals surface area contributed by atoms with Crippen LogP contribution >= 0.6 is 23.2 Å². The van der Waals surface area contributed by atoms with Gasteiger partial charge in [0, 0.05) is 5.02 Å². The minimum Gasteiger partial charge on any atom is -0.497 e. The second-order valence-electron chi connectivity index (χ2n) is 6.22. The number of halogens is 2.